The first-order valence-electron chi connectivity index (χ1n) is 6.18. The Morgan fingerprint density at radius 3 is 2.85 bits per heavy atom. The first-order valence-corrected chi connectivity index (χ1v) is 6.18. The maximum absolute atomic E-state index is 14.0. The van der Waals surface area contributed by atoms with E-state index in [9.17, 15) is 9.18 Å². The number of rotatable bonds is 4. The number of oxazole rings is 1. The van der Waals surface area contributed by atoms with E-state index in [1.54, 1.807) is 6.07 Å². The molecule has 2 aromatic rings. The molecule has 1 aliphatic rings. The van der Waals surface area contributed by atoms with Gasteiger partial charge in [0.1, 0.15) is 17.1 Å². The molecule has 6 heteroatoms. The molecule has 1 heterocycles. The lowest BCUT2D eigenvalue weighted by Crippen LogP contribution is -1.98. The predicted molar refractivity (Wildman–Crippen MR) is 67.4 cm³/mol. The van der Waals surface area contributed by atoms with Gasteiger partial charge in [0.15, 0.2) is 0 Å². The number of carboxylic acid groups (broad SMARTS) is 1. The van der Waals surface area contributed by atoms with E-state index >= 15 is 0 Å². The van der Waals surface area contributed by atoms with E-state index in [1.807, 2.05) is 0 Å². The van der Waals surface area contributed by atoms with Gasteiger partial charge in [0.25, 0.3) is 0 Å². The van der Waals surface area contributed by atoms with E-state index in [2.05, 4.69) is 4.98 Å². The Labute approximate surface area is 114 Å². The highest BCUT2D eigenvalue weighted by Gasteiger charge is 2.34. The average molecular weight is 277 g/mol. The summed E-state index contributed by atoms with van der Waals surface area (Å²) < 4.78 is 24.3. The van der Waals surface area contributed by atoms with Crippen LogP contribution >= 0.6 is 0 Å². The minimum atomic E-state index is -1.19. The van der Waals surface area contributed by atoms with Gasteiger partial charge < -0.3 is 14.3 Å². The molecule has 104 valence electrons. The number of halogens is 1. The van der Waals surface area contributed by atoms with E-state index in [0.717, 1.165) is 12.8 Å². The van der Waals surface area contributed by atoms with Crippen LogP contribution < -0.4 is 4.74 Å². The topological polar surface area (TPSA) is 72.6 Å². The lowest BCUT2D eigenvalue weighted by Gasteiger charge is -2.05. The number of ether oxygens (including phenoxy) is 1. The molecule has 0 saturated heterocycles. The summed E-state index contributed by atoms with van der Waals surface area (Å²) >= 11 is 0. The fraction of sp³-hybridized carbons (Fsp3) is 0.286. The van der Waals surface area contributed by atoms with Crippen LogP contribution in [-0.4, -0.2) is 23.2 Å². The van der Waals surface area contributed by atoms with Crippen molar-refractivity contribution in [3.63, 3.8) is 0 Å². The maximum atomic E-state index is 14.0. The fourth-order valence-electron chi connectivity index (χ4n) is 2.11. The summed E-state index contributed by atoms with van der Waals surface area (Å²) in [6.07, 6.45) is 1.75. The summed E-state index contributed by atoms with van der Waals surface area (Å²) in [6.45, 7) is 0. The molecule has 1 aromatic heterocycles. The Morgan fingerprint density at radius 2 is 2.25 bits per heavy atom. The molecule has 0 radical (unpaired) electrons. The Morgan fingerprint density at radius 1 is 1.50 bits per heavy atom. The third kappa shape index (κ3) is 2.03. The molecule has 0 unspecified atom stereocenters. The van der Waals surface area contributed by atoms with Gasteiger partial charge in [-0.05, 0) is 25.0 Å². The van der Waals surface area contributed by atoms with E-state index in [1.165, 1.54) is 19.2 Å². The standard InChI is InChI=1S/C14H12FNO4/c1-19-9-4-2-3-8(15)10(9)13-16-11(7-5-6-7)12(20-13)14(17)18/h2-4,7H,5-6H2,1H3,(H,17,18). The number of aromatic nitrogens is 1. The Balaban J connectivity index is 2.16. The zero-order valence-electron chi connectivity index (χ0n) is 10.7. The number of methoxy groups -OCH3 is 1. The van der Waals surface area contributed by atoms with E-state index in [4.69, 9.17) is 14.3 Å². The third-order valence-corrected chi connectivity index (χ3v) is 3.22. The number of carbonyl (C=O) groups is 1. The number of nitrogens with zero attached hydrogens (tertiary/aromatic N) is 1. The maximum Gasteiger partial charge on any atom is 0.373 e. The van der Waals surface area contributed by atoms with Crippen molar-refractivity contribution >= 4 is 5.97 Å². The number of aromatic carboxylic acids is 1. The zero-order valence-corrected chi connectivity index (χ0v) is 10.7. The predicted octanol–water partition coefficient (Wildman–Crippen LogP) is 3.06. The smallest absolute Gasteiger partial charge is 0.373 e. The highest BCUT2D eigenvalue weighted by Crippen LogP contribution is 2.43. The normalized spacial score (nSPS) is 14.3. The number of benzene rings is 1. The fourth-order valence-corrected chi connectivity index (χ4v) is 2.11. The van der Waals surface area contributed by atoms with Gasteiger partial charge in [-0.25, -0.2) is 14.2 Å². The van der Waals surface area contributed by atoms with Crippen LogP contribution in [0.15, 0.2) is 22.6 Å². The highest BCUT2D eigenvalue weighted by atomic mass is 19.1. The summed E-state index contributed by atoms with van der Waals surface area (Å²) in [4.78, 5) is 15.3. The second kappa shape index (κ2) is 4.63. The largest absolute Gasteiger partial charge is 0.496 e. The molecule has 0 aliphatic heterocycles. The zero-order chi connectivity index (χ0) is 14.3. The van der Waals surface area contributed by atoms with E-state index in [0.29, 0.717) is 5.69 Å². The van der Waals surface area contributed by atoms with Gasteiger partial charge in [-0.1, -0.05) is 6.07 Å². The van der Waals surface area contributed by atoms with Gasteiger partial charge in [-0.2, -0.15) is 0 Å². The number of hydrogen-bond donors (Lipinski definition) is 1. The molecule has 0 bridgehead atoms. The minimum Gasteiger partial charge on any atom is -0.496 e. The second-order valence-corrected chi connectivity index (χ2v) is 4.63. The van der Waals surface area contributed by atoms with Crippen molar-refractivity contribution in [3.8, 4) is 17.2 Å². The van der Waals surface area contributed by atoms with Crippen molar-refractivity contribution in [2.24, 2.45) is 0 Å². The van der Waals surface area contributed by atoms with E-state index < -0.39 is 11.8 Å². The molecule has 1 saturated carbocycles. The van der Waals surface area contributed by atoms with Gasteiger partial charge in [-0.15, -0.1) is 0 Å². The minimum absolute atomic E-state index is 0.0457. The van der Waals surface area contributed by atoms with Crippen LogP contribution in [0.25, 0.3) is 11.5 Å². The van der Waals surface area contributed by atoms with Crippen molar-refractivity contribution in [2.75, 3.05) is 7.11 Å². The van der Waals surface area contributed by atoms with Crippen LogP contribution in [0.2, 0.25) is 0 Å². The van der Waals surface area contributed by atoms with Crippen LogP contribution in [0.3, 0.4) is 0 Å². The average Bonchev–Trinajstić information content (AvgIpc) is 3.17. The Kier molecular flexibility index (Phi) is 2.93. The Hall–Kier alpha value is -2.37. The summed E-state index contributed by atoms with van der Waals surface area (Å²) in [5.41, 5.74) is 0.433. The molecule has 0 atom stereocenters. The summed E-state index contributed by atoms with van der Waals surface area (Å²) in [6, 6.07) is 4.32. The van der Waals surface area contributed by atoms with Gasteiger partial charge in [0.05, 0.1) is 12.8 Å². The van der Waals surface area contributed by atoms with Gasteiger partial charge in [-0.3, -0.25) is 0 Å². The second-order valence-electron chi connectivity index (χ2n) is 4.63. The molecular formula is C14H12FNO4. The van der Waals surface area contributed by atoms with Gasteiger partial charge in [0.2, 0.25) is 11.7 Å². The Bertz CT molecular complexity index is 676. The molecular weight excluding hydrogens is 265 g/mol. The summed E-state index contributed by atoms with van der Waals surface area (Å²) in [5.74, 6) is -1.68. The molecule has 3 rings (SSSR count). The SMILES string of the molecule is COc1cccc(F)c1-c1nc(C2CC2)c(C(=O)O)o1. The van der Waals surface area contributed by atoms with Gasteiger partial charge in [0, 0.05) is 5.92 Å². The quantitative estimate of drug-likeness (QED) is 0.929. The molecule has 5 nitrogen and oxygen atoms in total. The molecule has 20 heavy (non-hydrogen) atoms. The van der Waals surface area contributed by atoms with Crippen molar-refractivity contribution < 1.29 is 23.4 Å². The molecule has 1 aliphatic carbocycles. The molecule has 1 aromatic carbocycles. The van der Waals surface area contributed by atoms with Crippen LogP contribution in [0.4, 0.5) is 4.39 Å². The van der Waals surface area contributed by atoms with Crippen LogP contribution in [0.1, 0.15) is 35.0 Å². The molecule has 0 spiro atoms. The molecule has 0 amide bonds. The highest BCUT2D eigenvalue weighted by molar-refractivity contribution is 5.86. The van der Waals surface area contributed by atoms with Crippen LogP contribution in [0, 0.1) is 5.82 Å². The third-order valence-electron chi connectivity index (χ3n) is 3.22. The summed E-state index contributed by atoms with van der Waals surface area (Å²) in [5, 5.41) is 9.14. The van der Waals surface area contributed by atoms with Crippen molar-refractivity contribution in [3.05, 3.63) is 35.5 Å². The van der Waals surface area contributed by atoms with Crippen molar-refractivity contribution in [2.45, 2.75) is 18.8 Å². The number of carboxylic acids is 1. The van der Waals surface area contributed by atoms with Crippen LogP contribution in [-0.2, 0) is 0 Å². The van der Waals surface area contributed by atoms with Crippen molar-refractivity contribution in [1.29, 1.82) is 0 Å². The van der Waals surface area contributed by atoms with E-state index in [-0.39, 0.29) is 28.9 Å². The first-order chi connectivity index (χ1) is 9.61. The van der Waals surface area contributed by atoms with Gasteiger partial charge >= 0.3 is 5.97 Å². The summed E-state index contributed by atoms with van der Waals surface area (Å²) in [7, 11) is 1.40. The molecule has 1 N–H and O–H groups in total. The van der Waals surface area contributed by atoms with Crippen molar-refractivity contribution in [1.82, 2.24) is 4.98 Å². The van der Waals surface area contributed by atoms with Crippen LogP contribution in [0.5, 0.6) is 5.75 Å². The first kappa shape index (κ1) is 12.7. The lowest BCUT2D eigenvalue weighted by atomic mass is 10.2. The monoisotopic (exact) mass is 277 g/mol. The lowest BCUT2D eigenvalue weighted by molar-refractivity contribution is 0.0661. The number of hydrogen-bond acceptors (Lipinski definition) is 4. The molecule has 1 fully saturated rings.